The summed E-state index contributed by atoms with van der Waals surface area (Å²) >= 11 is 16.7. The van der Waals surface area contributed by atoms with Gasteiger partial charge in [0.15, 0.2) is 11.0 Å². The van der Waals surface area contributed by atoms with E-state index >= 15 is 0 Å². The van der Waals surface area contributed by atoms with Crippen LogP contribution in [0.25, 0.3) is 0 Å². The van der Waals surface area contributed by atoms with Crippen LogP contribution in [0.1, 0.15) is 41.6 Å². The fourth-order valence-corrected chi connectivity index (χ4v) is 4.41. The summed E-state index contributed by atoms with van der Waals surface area (Å²) in [5.41, 5.74) is 2.17. The van der Waals surface area contributed by atoms with Crippen LogP contribution in [0.15, 0.2) is 46.0 Å². The van der Waals surface area contributed by atoms with Crippen molar-refractivity contribution in [3.8, 4) is 0 Å². The first-order valence-corrected chi connectivity index (χ1v) is 12.6. The molecule has 0 bridgehead atoms. The van der Waals surface area contributed by atoms with Gasteiger partial charge in [0.2, 0.25) is 5.91 Å². The molecular weight excluding hydrogens is 549 g/mol. The fraction of sp³-hybridized carbons (Fsp3) is 0.273. The molecular formula is C22H22BrCl2N5O2S. The molecule has 0 radical (unpaired) electrons. The second-order valence-corrected chi connectivity index (χ2v) is 9.82. The summed E-state index contributed by atoms with van der Waals surface area (Å²) in [5.74, 6) is 0.328. The Morgan fingerprint density at radius 1 is 1.15 bits per heavy atom. The molecule has 0 saturated carbocycles. The first kappa shape index (κ1) is 25.6. The highest BCUT2D eigenvalue weighted by atomic mass is 79.9. The van der Waals surface area contributed by atoms with E-state index in [0.29, 0.717) is 33.1 Å². The van der Waals surface area contributed by atoms with Crippen molar-refractivity contribution < 1.29 is 9.59 Å². The number of aromatic nitrogens is 3. The molecule has 7 nitrogen and oxygen atoms in total. The van der Waals surface area contributed by atoms with Gasteiger partial charge in [-0.15, -0.1) is 10.2 Å². The number of amides is 2. The van der Waals surface area contributed by atoms with E-state index in [1.165, 1.54) is 17.8 Å². The molecule has 0 aliphatic carbocycles. The van der Waals surface area contributed by atoms with Gasteiger partial charge in [0.05, 0.1) is 21.8 Å². The number of anilines is 1. The molecule has 1 aromatic heterocycles. The second kappa shape index (κ2) is 11.4. The standard InChI is InChI=1S/C22H22BrCl2N5O2S/c1-4-30-20(13(3)26-21(32)14-5-8-17(24)18(25)10-14)28-29-22(30)33-11-19(31)27-15-6-7-16(23)12(2)9-15/h5-10,13H,4,11H2,1-3H3,(H,26,32)(H,27,31). The molecule has 3 aromatic rings. The lowest BCUT2D eigenvalue weighted by atomic mass is 10.2. The van der Waals surface area contributed by atoms with Crippen molar-refractivity contribution in [2.24, 2.45) is 0 Å². The molecule has 1 atom stereocenters. The average molecular weight is 571 g/mol. The Morgan fingerprint density at radius 2 is 1.91 bits per heavy atom. The van der Waals surface area contributed by atoms with Gasteiger partial charge >= 0.3 is 0 Å². The van der Waals surface area contributed by atoms with Crippen LogP contribution in [0.4, 0.5) is 5.69 Å². The Kier molecular flexibility index (Phi) is 8.81. The first-order valence-electron chi connectivity index (χ1n) is 10.1. The number of carbonyl (C=O) groups excluding carboxylic acids is 2. The molecule has 0 aliphatic heterocycles. The normalized spacial score (nSPS) is 11.8. The van der Waals surface area contributed by atoms with Gasteiger partial charge in [0.25, 0.3) is 5.91 Å². The number of aryl methyl sites for hydroxylation is 1. The minimum Gasteiger partial charge on any atom is -0.342 e. The molecule has 2 aromatic carbocycles. The fourth-order valence-electron chi connectivity index (χ4n) is 3.06. The first-order chi connectivity index (χ1) is 15.7. The Labute approximate surface area is 214 Å². The van der Waals surface area contributed by atoms with Crippen LogP contribution in [-0.2, 0) is 11.3 Å². The Bertz CT molecular complexity index is 1190. The predicted molar refractivity (Wildman–Crippen MR) is 136 cm³/mol. The summed E-state index contributed by atoms with van der Waals surface area (Å²) in [4.78, 5) is 25.0. The number of thioether (sulfide) groups is 1. The lowest BCUT2D eigenvalue weighted by Gasteiger charge is -2.15. The van der Waals surface area contributed by atoms with Crippen LogP contribution < -0.4 is 10.6 Å². The molecule has 2 amide bonds. The molecule has 3 rings (SSSR count). The van der Waals surface area contributed by atoms with Gasteiger partial charge in [-0.3, -0.25) is 9.59 Å². The third-order valence-electron chi connectivity index (χ3n) is 4.75. The molecule has 0 saturated heterocycles. The van der Waals surface area contributed by atoms with Gasteiger partial charge in [0.1, 0.15) is 0 Å². The third kappa shape index (κ3) is 6.50. The van der Waals surface area contributed by atoms with Gasteiger partial charge in [-0.25, -0.2) is 0 Å². The second-order valence-electron chi connectivity index (χ2n) is 7.21. The van der Waals surface area contributed by atoms with E-state index in [0.717, 1.165) is 15.7 Å². The summed E-state index contributed by atoms with van der Waals surface area (Å²) in [6.45, 7) is 6.32. The summed E-state index contributed by atoms with van der Waals surface area (Å²) < 4.78 is 2.86. The molecule has 1 heterocycles. The van der Waals surface area contributed by atoms with Gasteiger partial charge in [-0.1, -0.05) is 50.9 Å². The highest BCUT2D eigenvalue weighted by Gasteiger charge is 2.20. The topological polar surface area (TPSA) is 88.9 Å². The largest absolute Gasteiger partial charge is 0.342 e. The maximum atomic E-state index is 12.6. The lowest BCUT2D eigenvalue weighted by molar-refractivity contribution is -0.113. The van der Waals surface area contributed by atoms with Crippen molar-refractivity contribution in [2.75, 3.05) is 11.1 Å². The smallest absolute Gasteiger partial charge is 0.251 e. The number of benzene rings is 2. The molecule has 33 heavy (non-hydrogen) atoms. The van der Waals surface area contributed by atoms with Crippen molar-refractivity contribution >= 4 is 68.4 Å². The van der Waals surface area contributed by atoms with Crippen LogP contribution in [0.5, 0.6) is 0 Å². The maximum Gasteiger partial charge on any atom is 0.251 e. The van der Waals surface area contributed by atoms with Crippen molar-refractivity contribution in [2.45, 2.75) is 38.5 Å². The van der Waals surface area contributed by atoms with E-state index in [4.69, 9.17) is 23.2 Å². The Balaban J connectivity index is 1.63. The predicted octanol–water partition coefficient (Wildman–Crippen LogP) is 5.90. The Hall–Kier alpha value is -2.07. The van der Waals surface area contributed by atoms with Crippen molar-refractivity contribution in [1.82, 2.24) is 20.1 Å². The van der Waals surface area contributed by atoms with E-state index in [9.17, 15) is 9.59 Å². The van der Waals surface area contributed by atoms with Crippen LogP contribution in [-0.4, -0.2) is 32.3 Å². The van der Waals surface area contributed by atoms with Gasteiger partial charge in [-0.2, -0.15) is 0 Å². The van der Waals surface area contributed by atoms with Crippen LogP contribution >= 0.6 is 50.9 Å². The van der Waals surface area contributed by atoms with Crippen LogP contribution in [0.2, 0.25) is 10.0 Å². The summed E-state index contributed by atoms with van der Waals surface area (Å²) in [6.07, 6.45) is 0. The monoisotopic (exact) mass is 569 g/mol. The van der Waals surface area contributed by atoms with Crippen LogP contribution in [0, 0.1) is 6.92 Å². The molecule has 2 N–H and O–H groups in total. The van der Waals surface area contributed by atoms with Crippen molar-refractivity contribution in [1.29, 1.82) is 0 Å². The van der Waals surface area contributed by atoms with E-state index in [1.807, 2.05) is 43.5 Å². The van der Waals surface area contributed by atoms with Crippen molar-refractivity contribution in [3.05, 3.63) is 67.9 Å². The summed E-state index contributed by atoms with van der Waals surface area (Å²) in [5, 5.41) is 15.5. The maximum absolute atomic E-state index is 12.6. The highest BCUT2D eigenvalue weighted by Crippen LogP contribution is 2.25. The number of rotatable bonds is 8. The number of halogens is 3. The summed E-state index contributed by atoms with van der Waals surface area (Å²) in [7, 11) is 0. The van der Waals surface area contributed by atoms with Gasteiger partial charge in [-0.05, 0) is 62.7 Å². The zero-order valence-electron chi connectivity index (χ0n) is 18.2. The molecule has 11 heteroatoms. The minimum atomic E-state index is -0.409. The van der Waals surface area contributed by atoms with Gasteiger partial charge < -0.3 is 15.2 Å². The van der Waals surface area contributed by atoms with Crippen molar-refractivity contribution in [3.63, 3.8) is 0 Å². The zero-order chi connectivity index (χ0) is 24.1. The van der Waals surface area contributed by atoms with Crippen LogP contribution in [0.3, 0.4) is 0 Å². The third-order valence-corrected chi connectivity index (χ3v) is 7.35. The van der Waals surface area contributed by atoms with E-state index in [1.54, 1.807) is 12.1 Å². The number of carbonyl (C=O) groups is 2. The molecule has 0 fully saturated rings. The van der Waals surface area contributed by atoms with E-state index in [2.05, 4.69) is 36.8 Å². The minimum absolute atomic E-state index is 0.144. The summed E-state index contributed by atoms with van der Waals surface area (Å²) in [6, 6.07) is 9.92. The zero-order valence-corrected chi connectivity index (χ0v) is 22.1. The quantitative estimate of drug-likeness (QED) is 0.329. The van der Waals surface area contributed by atoms with E-state index in [-0.39, 0.29) is 17.6 Å². The number of nitrogens with zero attached hydrogens (tertiary/aromatic N) is 3. The van der Waals surface area contributed by atoms with Gasteiger partial charge in [0, 0.05) is 22.3 Å². The molecule has 174 valence electrons. The van der Waals surface area contributed by atoms with E-state index < -0.39 is 6.04 Å². The molecule has 0 aliphatic rings. The number of nitrogens with one attached hydrogen (secondary N) is 2. The molecule has 0 spiro atoms. The highest BCUT2D eigenvalue weighted by molar-refractivity contribution is 9.10. The Morgan fingerprint density at radius 3 is 2.58 bits per heavy atom. The lowest BCUT2D eigenvalue weighted by Crippen LogP contribution is -2.28. The average Bonchev–Trinajstić information content (AvgIpc) is 3.19. The SMILES string of the molecule is CCn1c(SCC(=O)Nc2ccc(Br)c(C)c2)nnc1C(C)NC(=O)c1ccc(Cl)c(Cl)c1. The number of hydrogen-bond donors (Lipinski definition) is 2. The number of hydrogen-bond acceptors (Lipinski definition) is 5. The molecule has 1 unspecified atom stereocenters.